The quantitative estimate of drug-likeness (QED) is 0.768. The Morgan fingerprint density at radius 2 is 2.24 bits per heavy atom. The second-order valence-electron chi connectivity index (χ2n) is 4.93. The lowest BCUT2D eigenvalue weighted by Crippen LogP contribution is -2.48. The van der Waals surface area contributed by atoms with Gasteiger partial charge in [0.15, 0.2) is 0 Å². The molecule has 1 N–H and O–H groups in total. The van der Waals surface area contributed by atoms with Crippen LogP contribution in [0.3, 0.4) is 0 Å². The minimum atomic E-state index is -0.105. The van der Waals surface area contributed by atoms with Crippen molar-refractivity contribution in [1.29, 1.82) is 0 Å². The number of nitrogens with one attached hydrogen (secondary N) is 1. The largest absolute Gasteiger partial charge is 0.377 e. The number of aryl methyl sites for hydroxylation is 1. The molecule has 1 aromatic heterocycles. The van der Waals surface area contributed by atoms with E-state index < -0.39 is 0 Å². The molecule has 1 rings (SSSR count). The first kappa shape index (κ1) is 14.7. The zero-order chi connectivity index (χ0) is 12.7. The van der Waals surface area contributed by atoms with Crippen molar-refractivity contribution in [3.8, 4) is 0 Å². The van der Waals surface area contributed by atoms with E-state index in [-0.39, 0.29) is 5.60 Å². The van der Waals surface area contributed by atoms with Crippen molar-refractivity contribution in [2.75, 3.05) is 13.7 Å². The van der Waals surface area contributed by atoms with Gasteiger partial charge in [-0.2, -0.15) is 0 Å². The molecule has 1 aromatic rings. The summed E-state index contributed by atoms with van der Waals surface area (Å²) in [4.78, 5) is 1.46. The molecule has 1 heterocycles. The molecule has 0 bridgehead atoms. The number of hydrogen-bond donors (Lipinski definition) is 1. The number of ether oxygens (including phenoxy) is 1. The molecule has 2 nitrogen and oxygen atoms in total. The van der Waals surface area contributed by atoms with Gasteiger partial charge in [-0.3, -0.25) is 0 Å². The van der Waals surface area contributed by atoms with Crippen LogP contribution in [-0.4, -0.2) is 25.3 Å². The van der Waals surface area contributed by atoms with Crippen LogP contribution >= 0.6 is 11.3 Å². The van der Waals surface area contributed by atoms with E-state index in [0.717, 1.165) is 25.8 Å². The maximum absolute atomic E-state index is 5.61. The Bertz CT molecular complexity index is 295. The molecule has 98 valence electrons. The minimum absolute atomic E-state index is 0.105. The van der Waals surface area contributed by atoms with Crippen LogP contribution in [0.15, 0.2) is 17.5 Å². The number of methoxy groups -OCH3 is 1. The molecule has 0 aliphatic carbocycles. The summed E-state index contributed by atoms with van der Waals surface area (Å²) in [5.74, 6) is 0. The van der Waals surface area contributed by atoms with Crippen LogP contribution in [0.5, 0.6) is 0 Å². The summed E-state index contributed by atoms with van der Waals surface area (Å²) < 4.78 is 5.61. The van der Waals surface area contributed by atoms with E-state index in [0.29, 0.717) is 6.04 Å². The standard InChI is InChI=1S/C14H25NOS/c1-5-10-15-13(14(2,3)16-4)9-8-12-7-6-11-17-12/h6-7,11,13,15H,5,8-10H2,1-4H3. The van der Waals surface area contributed by atoms with E-state index >= 15 is 0 Å². The van der Waals surface area contributed by atoms with Crippen LogP contribution in [0.1, 0.15) is 38.5 Å². The first-order valence-corrected chi connectivity index (χ1v) is 7.29. The Kier molecular flexibility index (Phi) is 6.17. The molecule has 0 aliphatic heterocycles. The van der Waals surface area contributed by atoms with Crippen molar-refractivity contribution in [1.82, 2.24) is 5.32 Å². The number of hydrogen-bond acceptors (Lipinski definition) is 3. The van der Waals surface area contributed by atoms with E-state index in [9.17, 15) is 0 Å². The summed E-state index contributed by atoms with van der Waals surface area (Å²) in [7, 11) is 1.80. The Morgan fingerprint density at radius 1 is 1.47 bits per heavy atom. The number of thiophene rings is 1. The van der Waals surface area contributed by atoms with E-state index in [1.807, 2.05) is 11.3 Å². The average Bonchev–Trinajstić information content (AvgIpc) is 2.82. The SMILES string of the molecule is CCCNC(CCc1cccs1)C(C)(C)OC. The Hall–Kier alpha value is -0.380. The van der Waals surface area contributed by atoms with Crippen LogP contribution in [0.2, 0.25) is 0 Å². The van der Waals surface area contributed by atoms with E-state index in [4.69, 9.17) is 4.74 Å². The smallest absolute Gasteiger partial charge is 0.0775 e. The molecular formula is C14H25NOS. The molecule has 0 aromatic carbocycles. The summed E-state index contributed by atoms with van der Waals surface area (Å²) in [6, 6.07) is 4.74. The Balaban J connectivity index is 2.51. The van der Waals surface area contributed by atoms with Crippen LogP contribution in [0, 0.1) is 0 Å². The van der Waals surface area contributed by atoms with Gasteiger partial charge >= 0.3 is 0 Å². The maximum atomic E-state index is 5.61. The average molecular weight is 255 g/mol. The molecule has 0 spiro atoms. The third-order valence-corrected chi connectivity index (χ3v) is 4.20. The van der Waals surface area contributed by atoms with Crippen LogP contribution in [0.25, 0.3) is 0 Å². The molecule has 0 aliphatic rings. The fourth-order valence-corrected chi connectivity index (χ4v) is 2.62. The van der Waals surface area contributed by atoms with Gasteiger partial charge in [-0.25, -0.2) is 0 Å². The van der Waals surface area contributed by atoms with Crippen molar-refractivity contribution in [3.63, 3.8) is 0 Å². The van der Waals surface area contributed by atoms with Crippen LogP contribution in [-0.2, 0) is 11.2 Å². The molecule has 3 heteroatoms. The highest BCUT2D eigenvalue weighted by Gasteiger charge is 2.28. The van der Waals surface area contributed by atoms with Gasteiger partial charge in [-0.15, -0.1) is 11.3 Å². The fourth-order valence-electron chi connectivity index (χ4n) is 1.90. The molecule has 0 radical (unpaired) electrons. The third kappa shape index (κ3) is 4.78. The van der Waals surface area contributed by atoms with E-state index in [1.54, 1.807) is 7.11 Å². The van der Waals surface area contributed by atoms with Crippen molar-refractivity contribution >= 4 is 11.3 Å². The van der Waals surface area contributed by atoms with Crippen molar-refractivity contribution in [2.45, 2.75) is 51.7 Å². The fraction of sp³-hybridized carbons (Fsp3) is 0.714. The van der Waals surface area contributed by atoms with Crippen molar-refractivity contribution < 1.29 is 4.74 Å². The van der Waals surface area contributed by atoms with E-state index in [2.05, 4.69) is 43.6 Å². The van der Waals surface area contributed by atoms with Gasteiger partial charge in [0.1, 0.15) is 0 Å². The molecule has 1 unspecified atom stereocenters. The Morgan fingerprint density at radius 3 is 2.76 bits per heavy atom. The lowest BCUT2D eigenvalue weighted by atomic mass is 9.93. The third-order valence-electron chi connectivity index (χ3n) is 3.27. The lowest BCUT2D eigenvalue weighted by Gasteiger charge is -2.34. The second-order valence-corrected chi connectivity index (χ2v) is 5.96. The highest BCUT2D eigenvalue weighted by atomic mass is 32.1. The Labute approximate surface area is 109 Å². The van der Waals surface area contributed by atoms with Gasteiger partial charge in [-0.05, 0) is 51.1 Å². The molecule has 0 saturated carbocycles. The number of rotatable bonds is 8. The van der Waals surface area contributed by atoms with E-state index in [1.165, 1.54) is 4.88 Å². The van der Waals surface area contributed by atoms with Gasteiger partial charge in [-0.1, -0.05) is 13.0 Å². The van der Waals surface area contributed by atoms with Crippen LogP contribution < -0.4 is 5.32 Å². The molecular weight excluding hydrogens is 230 g/mol. The van der Waals surface area contributed by atoms with Gasteiger partial charge in [0.2, 0.25) is 0 Å². The topological polar surface area (TPSA) is 21.3 Å². The van der Waals surface area contributed by atoms with Crippen molar-refractivity contribution in [3.05, 3.63) is 22.4 Å². The highest BCUT2D eigenvalue weighted by molar-refractivity contribution is 7.09. The zero-order valence-corrected chi connectivity index (χ0v) is 12.3. The predicted molar refractivity (Wildman–Crippen MR) is 75.8 cm³/mol. The van der Waals surface area contributed by atoms with Gasteiger partial charge in [0, 0.05) is 18.0 Å². The van der Waals surface area contributed by atoms with Gasteiger partial charge in [0.25, 0.3) is 0 Å². The second kappa shape index (κ2) is 7.14. The normalized spacial score (nSPS) is 13.9. The summed E-state index contributed by atoms with van der Waals surface area (Å²) in [6.07, 6.45) is 3.42. The zero-order valence-electron chi connectivity index (χ0n) is 11.5. The van der Waals surface area contributed by atoms with Gasteiger partial charge in [0.05, 0.1) is 5.60 Å². The molecule has 1 atom stereocenters. The first-order chi connectivity index (χ1) is 8.10. The highest BCUT2D eigenvalue weighted by Crippen LogP contribution is 2.20. The minimum Gasteiger partial charge on any atom is -0.377 e. The van der Waals surface area contributed by atoms with Crippen molar-refractivity contribution in [2.24, 2.45) is 0 Å². The van der Waals surface area contributed by atoms with Gasteiger partial charge < -0.3 is 10.1 Å². The summed E-state index contributed by atoms with van der Waals surface area (Å²) >= 11 is 1.84. The monoisotopic (exact) mass is 255 g/mol. The molecule has 0 saturated heterocycles. The lowest BCUT2D eigenvalue weighted by molar-refractivity contribution is -0.0123. The first-order valence-electron chi connectivity index (χ1n) is 6.41. The predicted octanol–water partition coefficient (Wildman–Crippen LogP) is 3.47. The maximum Gasteiger partial charge on any atom is 0.0775 e. The summed E-state index contributed by atoms with van der Waals surface area (Å²) in [5, 5.41) is 5.75. The summed E-state index contributed by atoms with van der Waals surface area (Å²) in [6.45, 7) is 7.58. The molecule has 0 fully saturated rings. The van der Waals surface area contributed by atoms with Crippen LogP contribution in [0.4, 0.5) is 0 Å². The molecule has 0 amide bonds. The summed E-state index contributed by atoms with van der Waals surface area (Å²) in [5.41, 5.74) is -0.105. The molecule has 17 heavy (non-hydrogen) atoms.